The number of para-hydroxylation sites is 1. The van der Waals surface area contributed by atoms with E-state index in [0.29, 0.717) is 12.5 Å². The second kappa shape index (κ2) is 7.49. The largest absolute Gasteiger partial charge is 0.348 e. The number of nitrogens with zero attached hydrogens (tertiary/aromatic N) is 3. The smallest absolute Gasteiger partial charge is 0.251 e. The Morgan fingerprint density at radius 1 is 1.19 bits per heavy atom. The van der Waals surface area contributed by atoms with Crippen LogP contribution in [0, 0.1) is 0 Å². The van der Waals surface area contributed by atoms with Gasteiger partial charge in [0.15, 0.2) is 0 Å². The lowest BCUT2D eigenvalue weighted by Crippen LogP contribution is -2.25. The summed E-state index contributed by atoms with van der Waals surface area (Å²) >= 11 is 0. The Balaban J connectivity index is 1.52. The van der Waals surface area contributed by atoms with Crippen molar-refractivity contribution in [2.24, 2.45) is 0 Å². The molecule has 0 aliphatic carbocycles. The fraction of sp³-hybridized carbons (Fsp3) is 0.250. The molecule has 2 aromatic carbocycles. The molecule has 26 heavy (non-hydrogen) atoms. The van der Waals surface area contributed by atoms with Crippen molar-refractivity contribution in [2.45, 2.75) is 18.9 Å². The fourth-order valence-electron chi connectivity index (χ4n) is 3.47. The van der Waals surface area contributed by atoms with Gasteiger partial charge in [-0.2, -0.15) is 5.10 Å². The monoisotopic (exact) mass is 347 g/mol. The molecular formula is C20H21N5O. The maximum Gasteiger partial charge on any atom is 0.251 e. The van der Waals surface area contributed by atoms with E-state index in [1.165, 1.54) is 6.33 Å². The third kappa shape index (κ3) is 3.36. The minimum atomic E-state index is -0.0408. The van der Waals surface area contributed by atoms with Crippen LogP contribution in [0.5, 0.6) is 0 Å². The Hall–Kier alpha value is -2.99. The van der Waals surface area contributed by atoms with Gasteiger partial charge in [0, 0.05) is 18.7 Å². The predicted molar refractivity (Wildman–Crippen MR) is 99.2 cm³/mol. The zero-order valence-electron chi connectivity index (χ0n) is 14.4. The van der Waals surface area contributed by atoms with Gasteiger partial charge in [-0.15, -0.1) is 0 Å². The first-order valence-corrected chi connectivity index (χ1v) is 8.83. The molecule has 132 valence electrons. The van der Waals surface area contributed by atoms with E-state index < -0.39 is 0 Å². The Morgan fingerprint density at radius 2 is 2.04 bits per heavy atom. The lowest BCUT2D eigenvalue weighted by atomic mass is 9.93. The van der Waals surface area contributed by atoms with Crippen LogP contribution in [0.4, 0.5) is 0 Å². The quantitative estimate of drug-likeness (QED) is 0.743. The molecule has 6 nitrogen and oxygen atoms in total. The van der Waals surface area contributed by atoms with Crippen LogP contribution in [0.1, 0.15) is 33.8 Å². The minimum absolute atomic E-state index is 0.0408. The summed E-state index contributed by atoms with van der Waals surface area (Å²) in [5.74, 6) is 0.361. The SMILES string of the molecule is O=C(NCc1ccccc1-n1cncn1)c1ccccc1[C@H]1CCNC1. The molecule has 1 atom stereocenters. The highest BCUT2D eigenvalue weighted by Gasteiger charge is 2.22. The number of rotatable bonds is 5. The second-order valence-corrected chi connectivity index (χ2v) is 6.43. The third-order valence-electron chi connectivity index (χ3n) is 4.80. The minimum Gasteiger partial charge on any atom is -0.348 e. The summed E-state index contributed by atoms with van der Waals surface area (Å²) < 4.78 is 1.71. The summed E-state index contributed by atoms with van der Waals surface area (Å²) in [4.78, 5) is 16.8. The fourth-order valence-corrected chi connectivity index (χ4v) is 3.47. The van der Waals surface area contributed by atoms with E-state index in [9.17, 15) is 4.79 Å². The van der Waals surface area contributed by atoms with E-state index in [4.69, 9.17) is 0 Å². The van der Waals surface area contributed by atoms with Gasteiger partial charge >= 0.3 is 0 Å². The Labute approximate surface area is 152 Å². The first kappa shape index (κ1) is 16.5. The molecule has 0 bridgehead atoms. The van der Waals surface area contributed by atoms with E-state index in [1.54, 1.807) is 11.0 Å². The van der Waals surface area contributed by atoms with Crippen LogP contribution in [0.2, 0.25) is 0 Å². The first-order chi connectivity index (χ1) is 12.8. The van der Waals surface area contributed by atoms with E-state index >= 15 is 0 Å². The van der Waals surface area contributed by atoms with Gasteiger partial charge in [0.2, 0.25) is 0 Å². The molecule has 0 radical (unpaired) electrons. The molecular weight excluding hydrogens is 326 g/mol. The first-order valence-electron chi connectivity index (χ1n) is 8.83. The number of benzene rings is 2. The van der Waals surface area contributed by atoms with Gasteiger partial charge in [0.25, 0.3) is 5.91 Å². The lowest BCUT2D eigenvalue weighted by molar-refractivity contribution is 0.0949. The number of amides is 1. The van der Waals surface area contributed by atoms with Crippen molar-refractivity contribution in [3.63, 3.8) is 0 Å². The molecule has 3 aromatic rings. The van der Waals surface area contributed by atoms with Gasteiger partial charge in [-0.25, -0.2) is 9.67 Å². The number of aromatic nitrogens is 3. The zero-order chi connectivity index (χ0) is 17.8. The van der Waals surface area contributed by atoms with Crippen LogP contribution in [0.25, 0.3) is 5.69 Å². The summed E-state index contributed by atoms with van der Waals surface area (Å²) in [5.41, 5.74) is 3.80. The normalized spacial score (nSPS) is 16.5. The molecule has 1 saturated heterocycles. The van der Waals surface area contributed by atoms with Crippen LogP contribution in [0.15, 0.2) is 61.2 Å². The van der Waals surface area contributed by atoms with Gasteiger partial charge in [0.1, 0.15) is 12.7 Å². The van der Waals surface area contributed by atoms with Crippen molar-refractivity contribution in [3.8, 4) is 5.69 Å². The Morgan fingerprint density at radius 3 is 2.85 bits per heavy atom. The summed E-state index contributed by atoms with van der Waals surface area (Å²) in [6.07, 6.45) is 4.23. The average Bonchev–Trinajstić information content (AvgIpc) is 3.40. The van der Waals surface area contributed by atoms with E-state index in [2.05, 4.69) is 26.8 Å². The third-order valence-corrected chi connectivity index (χ3v) is 4.80. The standard InChI is InChI=1S/C20H21N5O/c26-20(18-7-3-2-6-17(18)15-9-10-21-11-15)23-12-16-5-1-4-8-19(16)25-14-22-13-24-25/h1-8,13-15,21H,9-12H2,(H,23,26)/t15-/m0/s1. The van der Waals surface area contributed by atoms with Crippen LogP contribution >= 0.6 is 0 Å². The topological polar surface area (TPSA) is 71.8 Å². The molecule has 0 spiro atoms. The summed E-state index contributed by atoms with van der Waals surface area (Å²) in [6, 6.07) is 15.8. The Kier molecular flexibility index (Phi) is 4.75. The van der Waals surface area contributed by atoms with Gasteiger partial charge in [-0.3, -0.25) is 4.79 Å². The van der Waals surface area contributed by atoms with Crippen LogP contribution in [-0.4, -0.2) is 33.8 Å². The summed E-state index contributed by atoms with van der Waals surface area (Å²) in [6.45, 7) is 2.37. The molecule has 2 heterocycles. The number of hydrogen-bond acceptors (Lipinski definition) is 4. The summed E-state index contributed by atoms with van der Waals surface area (Å²) in [5, 5.41) is 10.6. The average molecular weight is 347 g/mol. The van der Waals surface area contributed by atoms with Crippen molar-refractivity contribution in [1.82, 2.24) is 25.4 Å². The molecule has 1 aliphatic heterocycles. The second-order valence-electron chi connectivity index (χ2n) is 6.43. The Bertz CT molecular complexity index is 885. The van der Waals surface area contributed by atoms with Crippen molar-refractivity contribution in [1.29, 1.82) is 0 Å². The van der Waals surface area contributed by atoms with Crippen molar-refractivity contribution >= 4 is 5.91 Å². The van der Waals surface area contributed by atoms with Crippen LogP contribution in [0.3, 0.4) is 0 Å². The van der Waals surface area contributed by atoms with Crippen LogP contribution in [-0.2, 0) is 6.54 Å². The molecule has 1 aromatic heterocycles. The number of hydrogen-bond donors (Lipinski definition) is 2. The molecule has 2 N–H and O–H groups in total. The number of carbonyl (C=O) groups is 1. The highest BCUT2D eigenvalue weighted by atomic mass is 16.1. The van der Waals surface area contributed by atoms with E-state index in [-0.39, 0.29) is 5.91 Å². The van der Waals surface area contributed by atoms with E-state index in [1.807, 2.05) is 42.5 Å². The maximum atomic E-state index is 12.8. The van der Waals surface area contributed by atoms with Gasteiger partial charge in [0.05, 0.1) is 5.69 Å². The van der Waals surface area contributed by atoms with E-state index in [0.717, 1.165) is 41.9 Å². The van der Waals surface area contributed by atoms with Gasteiger partial charge < -0.3 is 10.6 Å². The number of carbonyl (C=O) groups excluding carboxylic acids is 1. The molecule has 1 amide bonds. The van der Waals surface area contributed by atoms with Crippen molar-refractivity contribution in [3.05, 3.63) is 77.9 Å². The maximum absolute atomic E-state index is 12.8. The highest BCUT2D eigenvalue weighted by Crippen LogP contribution is 2.25. The van der Waals surface area contributed by atoms with Gasteiger partial charge in [-0.05, 0) is 42.1 Å². The molecule has 1 aliphatic rings. The van der Waals surface area contributed by atoms with Crippen molar-refractivity contribution < 1.29 is 4.79 Å². The zero-order valence-corrected chi connectivity index (χ0v) is 14.4. The molecule has 1 fully saturated rings. The lowest BCUT2D eigenvalue weighted by Gasteiger charge is -2.15. The summed E-state index contributed by atoms with van der Waals surface area (Å²) in [7, 11) is 0. The molecule has 4 rings (SSSR count). The molecule has 0 saturated carbocycles. The predicted octanol–water partition coefficient (Wildman–Crippen LogP) is 2.27. The molecule has 0 unspecified atom stereocenters. The molecule has 6 heteroatoms. The van der Waals surface area contributed by atoms with Gasteiger partial charge in [-0.1, -0.05) is 36.4 Å². The number of nitrogens with one attached hydrogen (secondary N) is 2. The van der Waals surface area contributed by atoms with Crippen molar-refractivity contribution in [2.75, 3.05) is 13.1 Å². The highest BCUT2D eigenvalue weighted by molar-refractivity contribution is 5.95. The van der Waals surface area contributed by atoms with Crippen LogP contribution < -0.4 is 10.6 Å².